The van der Waals surface area contributed by atoms with Gasteiger partial charge >= 0.3 is 18.9 Å². The van der Waals surface area contributed by atoms with E-state index in [4.69, 9.17) is 0 Å². The molecule has 0 aromatic carbocycles. The summed E-state index contributed by atoms with van der Waals surface area (Å²) in [5, 5.41) is 0. The molecule has 0 amide bonds. The van der Waals surface area contributed by atoms with E-state index in [2.05, 4.69) is 85.7 Å². The predicted octanol–water partition coefficient (Wildman–Crippen LogP) is 3.99. The number of hydrogen-bond acceptors (Lipinski definition) is 4. The van der Waals surface area contributed by atoms with Crippen molar-refractivity contribution in [3.8, 4) is 0 Å². The van der Waals surface area contributed by atoms with Gasteiger partial charge in [0, 0.05) is 65.4 Å². The van der Waals surface area contributed by atoms with Crippen LogP contribution in [0.3, 0.4) is 0 Å². The Hall–Kier alpha value is -0.733. The normalized spacial score (nSPS) is 19.9. The van der Waals surface area contributed by atoms with Gasteiger partial charge in [-0.1, -0.05) is 67.6 Å². The zero-order valence-electron chi connectivity index (χ0n) is 26.9. The van der Waals surface area contributed by atoms with Gasteiger partial charge in [0.05, 0.1) is 0 Å². The molecule has 39 heavy (non-hydrogen) atoms. The average Bonchev–Trinajstić information content (AvgIpc) is 2.89. The van der Waals surface area contributed by atoms with Gasteiger partial charge in [-0.2, -0.15) is 0 Å². The molecule has 0 spiro atoms. The van der Waals surface area contributed by atoms with Gasteiger partial charge in [-0.15, -0.1) is 0 Å². The fourth-order valence-electron chi connectivity index (χ4n) is 5.45. The Morgan fingerprint density at radius 2 is 1.08 bits per heavy atom. The maximum Gasteiger partial charge on any atom is 1.00 e. The minimum Gasteiger partial charge on any atom is -0.304 e. The number of rotatable bonds is 17. The van der Waals surface area contributed by atoms with Crippen LogP contribution in [0, 0.1) is 6.92 Å². The summed E-state index contributed by atoms with van der Waals surface area (Å²) in [6.07, 6.45) is 22.0. The van der Waals surface area contributed by atoms with Crippen molar-refractivity contribution in [2.24, 2.45) is 0 Å². The summed E-state index contributed by atoms with van der Waals surface area (Å²) in [6.45, 7) is 23.1. The van der Waals surface area contributed by atoms with Gasteiger partial charge in [0.2, 0.25) is 0 Å². The quantitative estimate of drug-likeness (QED) is 0.122. The molecule has 0 atom stereocenters. The van der Waals surface area contributed by atoms with Gasteiger partial charge in [-0.25, -0.2) is 18.6 Å². The van der Waals surface area contributed by atoms with Crippen LogP contribution < -0.4 is 18.9 Å². The van der Waals surface area contributed by atoms with Crippen LogP contribution >= 0.6 is 0 Å². The molecule has 0 unspecified atom stereocenters. The molecule has 0 aliphatic carbocycles. The molecule has 4 nitrogen and oxygen atoms in total. The number of piperazine rings is 2. The van der Waals surface area contributed by atoms with Gasteiger partial charge in [0.25, 0.3) is 0 Å². The Kier molecular flexibility index (Phi) is 20.4. The Balaban J connectivity index is 0.00000760. The van der Waals surface area contributed by atoms with Gasteiger partial charge in [0.15, 0.2) is 0 Å². The Bertz CT molecular complexity index is 753. The van der Waals surface area contributed by atoms with Crippen LogP contribution in [0.4, 0.5) is 0 Å². The third kappa shape index (κ3) is 17.6. The summed E-state index contributed by atoms with van der Waals surface area (Å²) in [4.78, 5) is 10.1. The van der Waals surface area contributed by atoms with E-state index in [0.29, 0.717) is 0 Å². The van der Waals surface area contributed by atoms with Crippen molar-refractivity contribution < 1.29 is 18.9 Å². The van der Waals surface area contributed by atoms with Gasteiger partial charge in [-0.3, -0.25) is 9.80 Å². The number of nitrogens with zero attached hydrogens (tertiary/aromatic N) is 4. The molecule has 0 bridgehead atoms. The van der Waals surface area contributed by atoms with Crippen molar-refractivity contribution in [1.29, 1.82) is 0 Å². The molecule has 218 valence electrons. The summed E-state index contributed by atoms with van der Waals surface area (Å²) in [5.41, 5.74) is 6.00. The molecular formula is C34H61LiN4. The van der Waals surface area contributed by atoms with E-state index in [9.17, 15) is 0 Å². The summed E-state index contributed by atoms with van der Waals surface area (Å²) in [5.74, 6) is 0. The minimum absolute atomic E-state index is 0. The van der Waals surface area contributed by atoms with Gasteiger partial charge in [-0.05, 0) is 66.5 Å². The topological polar surface area (TPSA) is 13.0 Å². The van der Waals surface area contributed by atoms with Crippen LogP contribution in [0.1, 0.15) is 85.0 Å². The Morgan fingerprint density at radius 1 is 0.615 bits per heavy atom. The van der Waals surface area contributed by atoms with Crippen molar-refractivity contribution in [1.82, 2.24) is 19.6 Å². The molecule has 0 aromatic heterocycles. The van der Waals surface area contributed by atoms with Gasteiger partial charge < -0.3 is 9.80 Å². The van der Waals surface area contributed by atoms with Crippen LogP contribution in [-0.2, 0) is 0 Å². The van der Waals surface area contributed by atoms with Crippen molar-refractivity contribution in [2.75, 3.05) is 79.5 Å². The molecular weight excluding hydrogens is 471 g/mol. The average molecular weight is 533 g/mol. The largest absolute Gasteiger partial charge is 1.00 e. The van der Waals surface area contributed by atoms with E-state index in [1.54, 1.807) is 5.57 Å². The van der Waals surface area contributed by atoms with Crippen molar-refractivity contribution in [3.05, 3.63) is 53.5 Å². The van der Waals surface area contributed by atoms with Crippen LogP contribution in [-0.4, -0.2) is 99.1 Å². The van der Waals surface area contributed by atoms with E-state index in [-0.39, 0.29) is 18.9 Å². The van der Waals surface area contributed by atoms with E-state index < -0.39 is 0 Å². The molecule has 2 aliphatic rings. The Morgan fingerprint density at radius 3 is 1.56 bits per heavy atom. The standard InChI is InChI=1S/C34H61N4.Li/c1-7-8-9-10-18-34(20-13-17-33(4)30-38-27-23-36(6)24-28-38)19-12-15-31(2)14-11-16-32(3)29-37-25-21-35(5)22-26-37;/h15-18H,2,7-14,19-30H2,1,3-6H3;/q-1;+1/b31-15-,32-16-,33-17-,34-18-;. The predicted molar refractivity (Wildman–Crippen MR) is 169 cm³/mol. The zero-order chi connectivity index (χ0) is 27.6. The summed E-state index contributed by atoms with van der Waals surface area (Å²) in [7, 11) is 4.46. The Labute approximate surface area is 255 Å². The molecule has 5 heteroatoms. The fourth-order valence-corrected chi connectivity index (χ4v) is 5.45. The van der Waals surface area contributed by atoms with Crippen LogP contribution in [0.25, 0.3) is 0 Å². The molecule has 2 aliphatic heterocycles. The van der Waals surface area contributed by atoms with Crippen molar-refractivity contribution in [3.63, 3.8) is 0 Å². The molecule has 2 rings (SSSR count). The van der Waals surface area contributed by atoms with E-state index in [0.717, 1.165) is 32.4 Å². The SMILES string of the molecule is [CH2-]/C(=C/CC/C(=C/CCCCC)CC/C=C(/C)CN1CCN(C)CC1)CC/C=C(/C)CN1CCN(C)CC1.[Li+]. The molecule has 0 aromatic rings. The molecule has 0 saturated carbocycles. The summed E-state index contributed by atoms with van der Waals surface area (Å²) < 4.78 is 0. The van der Waals surface area contributed by atoms with E-state index in [1.165, 1.54) is 114 Å². The fraction of sp³-hybridized carbons (Fsp3) is 0.735. The molecule has 0 N–H and O–H groups in total. The second kappa shape index (κ2) is 21.9. The van der Waals surface area contributed by atoms with E-state index >= 15 is 0 Å². The van der Waals surface area contributed by atoms with Crippen LogP contribution in [0.15, 0.2) is 46.6 Å². The second-order valence-corrected chi connectivity index (χ2v) is 12.1. The molecule has 0 radical (unpaired) electrons. The first-order valence-electron chi connectivity index (χ1n) is 15.7. The van der Waals surface area contributed by atoms with E-state index in [1.807, 2.05) is 0 Å². The third-order valence-electron chi connectivity index (χ3n) is 8.19. The summed E-state index contributed by atoms with van der Waals surface area (Å²) >= 11 is 0. The smallest absolute Gasteiger partial charge is 0.304 e. The van der Waals surface area contributed by atoms with Gasteiger partial charge in [0.1, 0.15) is 0 Å². The van der Waals surface area contributed by atoms with Crippen LogP contribution in [0.5, 0.6) is 0 Å². The van der Waals surface area contributed by atoms with Crippen molar-refractivity contribution >= 4 is 0 Å². The number of allylic oxidation sites excluding steroid dienone is 6. The third-order valence-corrected chi connectivity index (χ3v) is 8.19. The summed E-state index contributed by atoms with van der Waals surface area (Å²) in [6, 6.07) is 0. The number of unbranched alkanes of at least 4 members (excludes halogenated alkanes) is 3. The molecule has 2 heterocycles. The monoisotopic (exact) mass is 533 g/mol. The second-order valence-electron chi connectivity index (χ2n) is 12.1. The number of likely N-dealkylation sites (N-methyl/N-ethyl adjacent to an activating group) is 2. The van der Waals surface area contributed by atoms with Crippen molar-refractivity contribution in [2.45, 2.75) is 85.0 Å². The minimum atomic E-state index is 0. The first-order chi connectivity index (χ1) is 18.4. The first-order valence-corrected chi connectivity index (χ1v) is 15.7. The molecule has 2 fully saturated rings. The van der Waals surface area contributed by atoms with Crippen LogP contribution in [0.2, 0.25) is 0 Å². The maximum atomic E-state index is 4.37. The molecule has 2 saturated heterocycles. The zero-order valence-corrected chi connectivity index (χ0v) is 26.9. The maximum absolute atomic E-state index is 4.37. The number of hydrogen-bond donors (Lipinski definition) is 0. The first kappa shape index (κ1) is 36.3.